The van der Waals surface area contributed by atoms with Crippen molar-refractivity contribution >= 4 is 37.3 Å². The van der Waals surface area contributed by atoms with Gasteiger partial charge in [0.05, 0.1) is 3.79 Å². The number of thiophene rings is 1. The van der Waals surface area contributed by atoms with Crippen LogP contribution in [0.25, 0.3) is 0 Å². The lowest BCUT2D eigenvalue weighted by atomic mass is 9.97. The zero-order chi connectivity index (χ0) is 13.9. The van der Waals surface area contributed by atoms with Crippen LogP contribution >= 0.6 is 27.3 Å². The van der Waals surface area contributed by atoms with Crippen LogP contribution in [0, 0.1) is 6.92 Å². The van der Waals surface area contributed by atoms with E-state index in [0.29, 0.717) is 10.8 Å². The molecule has 1 aliphatic carbocycles. The van der Waals surface area contributed by atoms with Crippen molar-refractivity contribution in [2.75, 3.05) is 6.54 Å². The van der Waals surface area contributed by atoms with Gasteiger partial charge in [-0.3, -0.25) is 0 Å². The third kappa shape index (κ3) is 4.15. The van der Waals surface area contributed by atoms with Crippen molar-refractivity contribution in [1.82, 2.24) is 4.72 Å². The van der Waals surface area contributed by atoms with Crippen LogP contribution in [-0.2, 0) is 10.0 Å². The van der Waals surface area contributed by atoms with E-state index >= 15 is 0 Å². The molecular weight excluding hydrogens is 346 g/mol. The smallest absolute Gasteiger partial charge is 0.210 e. The van der Waals surface area contributed by atoms with Crippen LogP contribution < -0.4 is 4.72 Å². The van der Waals surface area contributed by atoms with Crippen molar-refractivity contribution in [2.24, 2.45) is 0 Å². The molecule has 0 saturated carbocycles. The summed E-state index contributed by atoms with van der Waals surface area (Å²) in [5, 5.41) is 0. The molecule has 106 valence electrons. The highest BCUT2D eigenvalue weighted by Crippen LogP contribution is 2.30. The zero-order valence-electron chi connectivity index (χ0n) is 10.9. The molecular formula is C13H18BrNO2S2. The average molecular weight is 364 g/mol. The zero-order valence-corrected chi connectivity index (χ0v) is 14.1. The second kappa shape index (κ2) is 6.52. The number of allylic oxidation sites excluding steroid dienone is 1. The molecule has 1 aromatic heterocycles. The Hall–Kier alpha value is -0.170. The Morgan fingerprint density at radius 1 is 1.42 bits per heavy atom. The molecule has 3 nitrogen and oxygen atoms in total. The topological polar surface area (TPSA) is 46.2 Å². The summed E-state index contributed by atoms with van der Waals surface area (Å²) in [5.41, 5.74) is 2.35. The monoisotopic (exact) mass is 363 g/mol. The summed E-state index contributed by atoms with van der Waals surface area (Å²) in [5.74, 6) is 0. The molecule has 0 atom stereocenters. The van der Waals surface area contributed by atoms with Crippen molar-refractivity contribution < 1.29 is 8.42 Å². The number of halogens is 1. The first-order valence-corrected chi connectivity index (χ1v) is 9.52. The molecule has 0 fully saturated rings. The van der Waals surface area contributed by atoms with Gasteiger partial charge in [-0.2, -0.15) is 0 Å². The number of rotatable bonds is 5. The minimum Gasteiger partial charge on any atom is -0.210 e. The van der Waals surface area contributed by atoms with Crippen LogP contribution in [-0.4, -0.2) is 15.0 Å². The maximum absolute atomic E-state index is 12.1. The Morgan fingerprint density at radius 2 is 2.21 bits per heavy atom. The highest BCUT2D eigenvalue weighted by molar-refractivity contribution is 9.11. The van der Waals surface area contributed by atoms with Gasteiger partial charge in [0.25, 0.3) is 0 Å². The van der Waals surface area contributed by atoms with Gasteiger partial charge in [-0.05, 0) is 66.6 Å². The highest BCUT2D eigenvalue weighted by atomic mass is 79.9. The number of sulfonamides is 1. The number of aryl methyl sites for hydroxylation is 1. The lowest BCUT2D eigenvalue weighted by Gasteiger charge is -2.12. The maximum Gasteiger partial charge on any atom is 0.250 e. The van der Waals surface area contributed by atoms with Gasteiger partial charge in [-0.25, -0.2) is 13.1 Å². The molecule has 0 saturated heterocycles. The Bertz CT molecular complexity index is 556. The van der Waals surface area contributed by atoms with Gasteiger partial charge in [-0.1, -0.05) is 11.6 Å². The summed E-state index contributed by atoms with van der Waals surface area (Å²) in [7, 11) is -3.35. The van der Waals surface area contributed by atoms with Crippen molar-refractivity contribution in [1.29, 1.82) is 0 Å². The van der Waals surface area contributed by atoms with Gasteiger partial charge in [-0.15, -0.1) is 11.3 Å². The Balaban J connectivity index is 1.92. The quantitative estimate of drug-likeness (QED) is 0.803. The van der Waals surface area contributed by atoms with Crippen molar-refractivity contribution in [2.45, 2.75) is 43.2 Å². The molecule has 0 amide bonds. The summed E-state index contributed by atoms with van der Waals surface area (Å²) >= 11 is 4.62. The van der Waals surface area contributed by atoms with E-state index in [0.717, 1.165) is 28.6 Å². The van der Waals surface area contributed by atoms with Gasteiger partial charge in [0.2, 0.25) is 10.0 Å². The molecule has 1 heterocycles. The van der Waals surface area contributed by atoms with Crippen LogP contribution in [0.1, 0.15) is 37.7 Å². The predicted octanol–water partition coefficient (Wildman–Crippen LogP) is 3.99. The van der Waals surface area contributed by atoms with Crippen molar-refractivity contribution in [3.05, 3.63) is 27.1 Å². The SMILES string of the molecule is Cc1cc(S(=O)(=O)NCCC2=CCCCC2)sc1Br. The van der Waals surface area contributed by atoms with Gasteiger partial charge < -0.3 is 0 Å². The molecule has 19 heavy (non-hydrogen) atoms. The van der Waals surface area contributed by atoms with Crippen LogP contribution in [0.3, 0.4) is 0 Å². The van der Waals surface area contributed by atoms with E-state index in [1.54, 1.807) is 6.07 Å². The fourth-order valence-corrected chi connectivity index (χ4v) is 5.41. The van der Waals surface area contributed by atoms with Crippen LogP contribution in [0.15, 0.2) is 25.7 Å². The second-order valence-corrected chi connectivity index (χ2v) is 9.14. The van der Waals surface area contributed by atoms with Gasteiger partial charge in [0, 0.05) is 6.54 Å². The summed E-state index contributed by atoms with van der Waals surface area (Å²) in [6.45, 7) is 2.38. The van der Waals surface area contributed by atoms with E-state index in [4.69, 9.17) is 0 Å². The van der Waals surface area contributed by atoms with E-state index in [9.17, 15) is 8.42 Å². The first-order chi connectivity index (χ1) is 8.99. The molecule has 0 unspecified atom stereocenters. The Morgan fingerprint density at radius 3 is 2.79 bits per heavy atom. The van der Waals surface area contributed by atoms with E-state index in [-0.39, 0.29) is 0 Å². The number of hydrogen-bond donors (Lipinski definition) is 1. The molecule has 0 spiro atoms. The van der Waals surface area contributed by atoms with E-state index in [1.807, 2.05) is 6.92 Å². The van der Waals surface area contributed by atoms with Crippen LogP contribution in [0.2, 0.25) is 0 Å². The first-order valence-electron chi connectivity index (χ1n) is 6.42. The third-order valence-corrected chi connectivity index (χ3v) is 7.29. The molecule has 2 rings (SSSR count). The third-order valence-electron chi connectivity index (χ3n) is 3.22. The lowest BCUT2D eigenvalue weighted by molar-refractivity contribution is 0.581. The minimum absolute atomic E-state index is 0.384. The predicted molar refractivity (Wildman–Crippen MR) is 83.1 cm³/mol. The maximum atomic E-state index is 12.1. The Kier molecular flexibility index (Phi) is 5.22. The van der Waals surface area contributed by atoms with E-state index < -0.39 is 10.0 Å². The minimum atomic E-state index is -3.35. The largest absolute Gasteiger partial charge is 0.250 e. The normalized spacial score (nSPS) is 16.4. The molecule has 0 aliphatic heterocycles. The van der Waals surface area contributed by atoms with Crippen molar-refractivity contribution in [3.8, 4) is 0 Å². The van der Waals surface area contributed by atoms with E-state index in [1.165, 1.54) is 29.8 Å². The summed E-state index contributed by atoms with van der Waals surface area (Å²) in [6, 6.07) is 1.71. The number of hydrogen-bond acceptors (Lipinski definition) is 3. The molecule has 1 aliphatic rings. The van der Waals surface area contributed by atoms with Crippen LogP contribution in [0.4, 0.5) is 0 Å². The molecule has 6 heteroatoms. The molecule has 0 radical (unpaired) electrons. The summed E-state index contributed by atoms with van der Waals surface area (Å²) in [4.78, 5) is 0. The lowest BCUT2D eigenvalue weighted by Crippen LogP contribution is -2.24. The summed E-state index contributed by atoms with van der Waals surface area (Å²) in [6.07, 6.45) is 7.83. The van der Waals surface area contributed by atoms with Gasteiger partial charge in [0.15, 0.2) is 0 Å². The van der Waals surface area contributed by atoms with E-state index in [2.05, 4.69) is 26.7 Å². The molecule has 0 bridgehead atoms. The fourth-order valence-electron chi connectivity index (χ4n) is 2.11. The average Bonchev–Trinajstić information content (AvgIpc) is 2.72. The first kappa shape index (κ1) is 15.2. The van der Waals surface area contributed by atoms with Gasteiger partial charge in [0.1, 0.15) is 4.21 Å². The highest BCUT2D eigenvalue weighted by Gasteiger charge is 2.17. The molecule has 0 aromatic carbocycles. The van der Waals surface area contributed by atoms with Gasteiger partial charge >= 0.3 is 0 Å². The van der Waals surface area contributed by atoms with Crippen LogP contribution in [0.5, 0.6) is 0 Å². The number of nitrogens with one attached hydrogen (secondary N) is 1. The fraction of sp³-hybridized carbons (Fsp3) is 0.538. The standard InChI is InChI=1S/C13H18BrNO2S2/c1-10-9-12(18-13(10)14)19(16,17)15-8-7-11-5-3-2-4-6-11/h5,9,15H,2-4,6-8H2,1H3. The molecule has 1 N–H and O–H groups in total. The molecule has 1 aromatic rings. The van der Waals surface area contributed by atoms with Crippen molar-refractivity contribution in [3.63, 3.8) is 0 Å². The Labute approximate surface area is 127 Å². The summed E-state index contributed by atoms with van der Waals surface area (Å²) < 4.78 is 28.1. The second-order valence-electron chi connectivity index (χ2n) is 4.78.